The van der Waals surface area contributed by atoms with Gasteiger partial charge in [0.25, 0.3) is 15.9 Å². The molecule has 0 saturated carbocycles. The summed E-state index contributed by atoms with van der Waals surface area (Å²) in [7, 11) is -2.76. The number of hydrogen-bond acceptors (Lipinski definition) is 5. The van der Waals surface area contributed by atoms with Crippen LogP contribution in [0.4, 0.5) is 18.9 Å². The number of amides is 1. The van der Waals surface area contributed by atoms with Crippen molar-refractivity contribution in [2.24, 2.45) is 0 Å². The fourth-order valence-electron chi connectivity index (χ4n) is 1.89. The summed E-state index contributed by atoms with van der Waals surface area (Å²) in [5.41, 5.74) is 2.89. The number of para-hydroxylation sites is 1. The van der Waals surface area contributed by atoms with Gasteiger partial charge < -0.3 is 0 Å². The van der Waals surface area contributed by atoms with E-state index in [4.69, 9.17) is 11.6 Å². The fourth-order valence-corrected chi connectivity index (χ4v) is 4.71. The van der Waals surface area contributed by atoms with Crippen molar-refractivity contribution in [1.29, 1.82) is 0 Å². The summed E-state index contributed by atoms with van der Waals surface area (Å²) in [6, 6.07) is 7.27. The third kappa shape index (κ3) is 4.87. The van der Waals surface area contributed by atoms with Crippen LogP contribution in [0.2, 0.25) is 4.34 Å². The fraction of sp³-hybridized carbons (Fsp3) is 0.214. The lowest BCUT2D eigenvalue weighted by Gasteiger charge is -2.18. The molecule has 0 bridgehead atoms. The maximum atomic E-state index is 12.9. The first-order valence-electron chi connectivity index (χ1n) is 6.94. The number of sulfonamides is 1. The molecule has 0 aliphatic rings. The van der Waals surface area contributed by atoms with Gasteiger partial charge in [0.15, 0.2) is 0 Å². The minimum Gasteiger partial charge on any atom is -0.298 e. The highest BCUT2D eigenvalue weighted by Crippen LogP contribution is 2.34. The van der Waals surface area contributed by atoms with Crippen molar-refractivity contribution >= 4 is 44.6 Å². The molecule has 1 amide bonds. The molecule has 0 radical (unpaired) electrons. The molecule has 26 heavy (non-hydrogen) atoms. The number of alkyl halides is 3. The highest BCUT2D eigenvalue weighted by molar-refractivity contribution is 7.91. The Hall–Kier alpha value is -1.82. The summed E-state index contributed by atoms with van der Waals surface area (Å²) >= 11 is 6.53. The molecule has 2 aromatic rings. The Morgan fingerprint density at radius 1 is 1.23 bits per heavy atom. The van der Waals surface area contributed by atoms with Gasteiger partial charge in [0.05, 0.1) is 22.1 Å². The first-order valence-corrected chi connectivity index (χ1v) is 9.58. The molecule has 0 aliphatic carbocycles. The number of likely N-dealkylation sites (N-methyl/N-ethyl adjacent to an activating group) is 1. The molecule has 0 fully saturated rings. The van der Waals surface area contributed by atoms with E-state index in [1.165, 1.54) is 31.3 Å². The maximum Gasteiger partial charge on any atom is 0.418 e. The lowest BCUT2D eigenvalue weighted by molar-refractivity contribution is -0.137. The molecule has 0 atom stereocenters. The number of hydrazine groups is 1. The lowest BCUT2D eigenvalue weighted by atomic mass is 10.2. The highest BCUT2D eigenvalue weighted by atomic mass is 35.5. The van der Waals surface area contributed by atoms with Crippen LogP contribution < -0.4 is 10.9 Å². The topological polar surface area (TPSA) is 78.5 Å². The van der Waals surface area contributed by atoms with Crippen molar-refractivity contribution in [3.05, 3.63) is 46.3 Å². The van der Waals surface area contributed by atoms with Crippen molar-refractivity contribution in [1.82, 2.24) is 9.73 Å². The molecular formula is C14H13ClF3N3O3S2. The number of carbonyl (C=O) groups excluding carboxylic acids is 1. The van der Waals surface area contributed by atoms with Crippen LogP contribution >= 0.6 is 22.9 Å². The van der Waals surface area contributed by atoms with E-state index >= 15 is 0 Å². The number of thiophene rings is 1. The van der Waals surface area contributed by atoms with Crippen LogP contribution in [0.15, 0.2) is 40.6 Å². The summed E-state index contributed by atoms with van der Waals surface area (Å²) in [5.74, 6) is -0.837. The second kappa shape index (κ2) is 7.82. The average Bonchev–Trinajstić information content (AvgIpc) is 2.99. The zero-order valence-electron chi connectivity index (χ0n) is 13.2. The van der Waals surface area contributed by atoms with Crippen LogP contribution in [0.1, 0.15) is 5.56 Å². The number of nitrogens with one attached hydrogen (secondary N) is 2. The van der Waals surface area contributed by atoms with Gasteiger partial charge in [0, 0.05) is 7.05 Å². The molecule has 1 heterocycles. The Morgan fingerprint density at radius 2 is 1.88 bits per heavy atom. The summed E-state index contributed by atoms with van der Waals surface area (Å²) in [6.07, 6.45) is -4.60. The van der Waals surface area contributed by atoms with Crippen molar-refractivity contribution < 1.29 is 26.4 Å². The first-order chi connectivity index (χ1) is 12.0. The number of hydrogen-bond donors (Lipinski definition) is 2. The minimum absolute atomic E-state index is 0.0480. The van der Waals surface area contributed by atoms with Gasteiger partial charge >= 0.3 is 6.18 Å². The van der Waals surface area contributed by atoms with Crippen molar-refractivity contribution in [2.45, 2.75) is 10.4 Å². The van der Waals surface area contributed by atoms with E-state index in [2.05, 4.69) is 10.9 Å². The quantitative estimate of drug-likeness (QED) is 0.694. The molecular weight excluding hydrogens is 415 g/mol. The van der Waals surface area contributed by atoms with E-state index < -0.39 is 34.2 Å². The van der Waals surface area contributed by atoms with E-state index in [9.17, 15) is 26.4 Å². The third-order valence-corrected chi connectivity index (χ3v) is 6.65. The van der Waals surface area contributed by atoms with Gasteiger partial charge in [-0.15, -0.1) is 11.3 Å². The second-order valence-corrected chi connectivity index (χ2v) is 9.02. The van der Waals surface area contributed by atoms with Gasteiger partial charge in [-0.25, -0.2) is 8.42 Å². The van der Waals surface area contributed by atoms with E-state index in [0.717, 1.165) is 27.8 Å². The molecule has 2 rings (SSSR count). The zero-order valence-corrected chi connectivity index (χ0v) is 15.6. The van der Waals surface area contributed by atoms with E-state index in [0.29, 0.717) is 0 Å². The average molecular weight is 428 g/mol. The van der Waals surface area contributed by atoms with Crippen LogP contribution in [0.5, 0.6) is 0 Å². The Morgan fingerprint density at radius 3 is 2.46 bits per heavy atom. The second-order valence-electron chi connectivity index (χ2n) is 5.04. The lowest BCUT2D eigenvalue weighted by Crippen LogP contribution is -2.40. The van der Waals surface area contributed by atoms with Crippen LogP contribution in [0.3, 0.4) is 0 Å². The molecule has 1 aromatic carbocycles. The molecule has 0 aliphatic heterocycles. The van der Waals surface area contributed by atoms with Gasteiger partial charge in [0.2, 0.25) is 0 Å². The van der Waals surface area contributed by atoms with Crippen molar-refractivity contribution in [2.75, 3.05) is 19.0 Å². The normalized spacial score (nSPS) is 12.2. The third-order valence-electron chi connectivity index (χ3n) is 3.15. The predicted molar refractivity (Wildman–Crippen MR) is 92.4 cm³/mol. The number of benzene rings is 1. The zero-order chi connectivity index (χ0) is 19.5. The van der Waals surface area contributed by atoms with Gasteiger partial charge in [-0.05, 0) is 24.3 Å². The van der Waals surface area contributed by atoms with Crippen molar-refractivity contribution in [3.63, 3.8) is 0 Å². The summed E-state index contributed by atoms with van der Waals surface area (Å²) in [5, 5.41) is 0. The first kappa shape index (κ1) is 20.5. The number of rotatable bonds is 6. The Labute approximate surface area is 156 Å². The standard InChI is InChI=1S/C14H13ClF3N3O3S2/c1-21(26(23,24)13-7-6-11(15)25-13)8-12(22)20-19-10-5-3-2-4-9(10)14(16,17)18/h2-7,19H,8H2,1H3,(H,20,22). The van der Waals surface area contributed by atoms with Gasteiger partial charge in [-0.3, -0.25) is 15.6 Å². The van der Waals surface area contributed by atoms with E-state index in [1.807, 2.05) is 0 Å². The Bertz CT molecular complexity index is 900. The molecule has 2 N–H and O–H groups in total. The number of anilines is 1. The van der Waals surface area contributed by atoms with Gasteiger partial charge in [-0.2, -0.15) is 17.5 Å². The van der Waals surface area contributed by atoms with Crippen LogP contribution in [-0.4, -0.2) is 32.2 Å². The minimum atomic E-state index is -4.60. The molecule has 6 nitrogen and oxygen atoms in total. The van der Waals surface area contributed by atoms with Crippen LogP contribution in [0, 0.1) is 0 Å². The molecule has 0 unspecified atom stereocenters. The largest absolute Gasteiger partial charge is 0.418 e. The molecule has 12 heteroatoms. The van der Waals surface area contributed by atoms with Gasteiger partial charge in [-0.1, -0.05) is 23.7 Å². The maximum absolute atomic E-state index is 12.9. The SMILES string of the molecule is CN(CC(=O)NNc1ccccc1C(F)(F)F)S(=O)(=O)c1ccc(Cl)s1. The molecule has 0 saturated heterocycles. The van der Waals surface area contributed by atoms with Gasteiger partial charge in [0.1, 0.15) is 4.21 Å². The van der Waals surface area contributed by atoms with Crippen molar-refractivity contribution in [3.8, 4) is 0 Å². The van der Waals surface area contributed by atoms with E-state index in [-0.39, 0.29) is 14.2 Å². The van der Waals surface area contributed by atoms with Crippen LogP contribution in [-0.2, 0) is 21.0 Å². The molecule has 0 spiro atoms. The summed E-state index contributed by atoms with van der Waals surface area (Å²) in [4.78, 5) is 11.9. The monoisotopic (exact) mass is 427 g/mol. The highest BCUT2D eigenvalue weighted by Gasteiger charge is 2.33. The molecule has 142 valence electrons. The number of nitrogens with zero attached hydrogens (tertiary/aromatic N) is 1. The summed E-state index contributed by atoms with van der Waals surface area (Å²) in [6.45, 7) is -0.598. The van der Waals surface area contributed by atoms with Crippen LogP contribution in [0.25, 0.3) is 0 Å². The number of halogens is 4. The summed E-state index contributed by atoms with van der Waals surface area (Å²) < 4.78 is 64.2. The Kier molecular flexibility index (Phi) is 6.17. The Balaban J connectivity index is 2.02. The predicted octanol–water partition coefficient (Wildman–Crippen LogP) is 3.18. The number of carbonyl (C=O) groups is 1. The smallest absolute Gasteiger partial charge is 0.298 e. The molecule has 1 aromatic heterocycles. The van der Waals surface area contributed by atoms with E-state index in [1.54, 1.807) is 0 Å².